The van der Waals surface area contributed by atoms with Gasteiger partial charge in [-0.2, -0.15) is 10.5 Å². The highest BCUT2D eigenvalue weighted by atomic mass is 16.6. The summed E-state index contributed by atoms with van der Waals surface area (Å²) in [7, 11) is 1.29. The van der Waals surface area contributed by atoms with Gasteiger partial charge in [-0.1, -0.05) is 12.1 Å². The lowest BCUT2D eigenvalue weighted by atomic mass is 9.95. The number of rotatable bonds is 4. The van der Waals surface area contributed by atoms with Crippen molar-refractivity contribution in [2.24, 2.45) is 11.8 Å². The van der Waals surface area contributed by atoms with Gasteiger partial charge < -0.3 is 19.7 Å². The van der Waals surface area contributed by atoms with E-state index in [2.05, 4.69) is 33.4 Å². The number of hydrogen-bond acceptors (Lipinski definition) is 8. The van der Waals surface area contributed by atoms with Crippen LogP contribution in [0.15, 0.2) is 36.5 Å². The summed E-state index contributed by atoms with van der Waals surface area (Å²) in [6.07, 6.45) is 3.13. The normalized spacial score (nSPS) is 29.4. The average Bonchev–Trinajstić information content (AvgIpc) is 3.25. The van der Waals surface area contributed by atoms with Crippen LogP contribution in [-0.2, 0) is 21.3 Å². The van der Waals surface area contributed by atoms with Gasteiger partial charge in [0, 0.05) is 36.7 Å². The zero-order valence-corrected chi connectivity index (χ0v) is 19.0. The van der Waals surface area contributed by atoms with Gasteiger partial charge in [0.2, 0.25) is 0 Å². The predicted molar refractivity (Wildman–Crippen MR) is 122 cm³/mol. The first-order valence-electron chi connectivity index (χ1n) is 11.5. The van der Waals surface area contributed by atoms with Crippen LogP contribution in [0.25, 0.3) is 11.1 Å². The molecule has 0 radical (unpaired) electrons. The molecule has 2 saturated heterocycles. The number of hydrogen-bond donors (Lipinski definition) is 1. The summed E-state index contributed by atoms with van der Waals surface area (Å²) in [6.45, 7) is 1.40. The summed E-state index contributed by atoms with van der Waals surface area (Å²) in [5.74, 6) is 0.306. The minimum atomic E-state index is -0.595. The molecule has 1 aromatic heterocycles. The molecule has 5 atom stereocenters. The number of amides is 2. The van der Waals surface area contributed by atoms with Crippen LogP contribution in [0, 0.1) is 34.6 Å². The van der Waals surface area contributed by atoms with Crippen LogP contribution in [0.1, 0.15) is 11.3 Å². The van der Waals surface area contributed by atoms with Crippen LogP contribution < -0.4 is 10.2 Å². The molecular weight excluding hydrogens is 448 g/mol. The lowest BCUT2D eigenvalue weighted by molar-refractivity contribution is 0.123. The van der Waals surface area contributed by atoms with Crippen LogP contribution in [0.2, 0.25) is 0 Å². The molecule has 1 saturated carbocycles. The van der Waals surface area contributed by atoms with Gasteiger partial charge in [0.15, 0.2) is 6.19 Å². The number of likely N-dealkylation sites (tertiary alicyclic amines) is 1. The van der Waals surface area contributed by atoms with Crippen molar-refractivity contribution >= 4 is 17.9 Å². The van der Waals surface area contributed by atoms with E-state index in [1.165, 1.54) is 7.11 Å². The second kappa shape index (κ2) is 7.60. The molecule has 2 amide bonds. The highest BCUT2D eigenvalue weighted by Gasteiger charge is 2.71. The molecule has 6 rings (SSSR count). The van der Waals surface area contributed by atoms with Gasteiger partial charge in [0.05, 0.1) is 37.1 Å². The van der Waals surface area contributed by atoms with Crippen molar-refractivity contribution in [1.29, 1.82) is 10.5 Å². The van der Waals surface area contributed by atoms with E-state index in [9.17, 15) is 14.9 Å². The molecule has 35 heavy (non-hydrogen) atoms. The standard InChI is InChI=1S/C25H22N6O4/c1-34-23(32)29-9-21-20-7-16-6-14(2-4-19(16)31(20)24(33)35-21)15-3-5-22(28-8-15)25(12-26)17-10-30(13-27)11-18(17)25/h2-6,8,17-18,20-21H,7,9-11H2,1H3,(H,29,32)/t17-,18+,20-,21-,25?/m0/s1. The number of nitrogens with zero attached hydrogens (tertiary/aromatic N) is 5. The van der Waals surface area contributed by atoms with E-state index in [1.807, 2.05) is 24.3 Å². The third-order valence-corrected chi connectivity index (χ3v) is 7.84. The number of alkyl carbamates (subject to hydrolysis) is 1. The summed E-state index contributed by atoms with van der Waals surface area (Å²) in [6, 6.07) is 12.1. The zero-order chi connectivity index (χ0) is 24.3. The Morgan fingerprint density at radius 3 is 2.69 bits per heavy atom. The molecule has 1 N–H and O–H groups in total. The Morgan fingerprint density at radius 1 is 1.26 bits per heavy atom. The van der Waals surface area contributed by atoms with E-state index < -0.39 is 23.7 Å². The topological polar surface area (TPSA) is 132 Å². The number of ether oxygens (including phenoxy) is 2. The molecule has 4 aliphatic rings. The summed E-state index contributed by atoms with van der Waals surface area (Å²) in [5, 5.41) is 21.6. The number of cyclic esters (lactones) is 1. The molecule has 10 nitrogen and oxygen atoms in total. The Labute approximate surface area is 201 Å². The first-order valence-corrected chi connectivity index (χ1v) is 11.5. The fourth-order valence-corrected chi connectivity index (χ4v) is 6.01. The summed E-state index contributed by atoms with van der Waals surface area (Å²) in [5.41, 5.74) is 3.90. The minimum absolute atomic E-state index is 0.153. The average molecular weight is 470 g/mol. The molecule has 4 heterocycles. The second-order valence-corrected chi connectivity index (χ2v) is 9.41. The van der Waals surface area contributed by atoms with Crippen LogP contribution >= 0.6 is 0 Å². The van der Waals surface area contributed by atoms with Gasteiger partial charge in [0.25, 0.3) is 0 Å². The predicted octanol–water partition coefficient (Wildman–Crippen LogP) is 2.16. The van der Waals surface area contributed by atoms with Crippen molar-refractivity contribution in [3.63, 3.8) is 0 Å². The van der Waals surface area contributed by atoms with Crippen LogP contribution in [0.3, 0.4) is 0 Å². The third kappa shape index (κ3) is 3.03. The number of carbonyl (C=O) groups excluding carboxylic acids is 2. The van der Waals surface area contributed by atoms with Crippen LogP contribution in [0.5, 0.6) is 0 Å². The molecule has 1 aromatic carbocycles. The number of carbonyl (C=O) groups is 2. The van der Waals surface area contributed by atoms with E-state index >= 15 is 0 Å². The van der Waals surface area contributed by atoms with Crippen molar-refractivity contribution < 1.29 is 19.1 Å². The van der Waals surface area contributed by atoms with Crippen molar-refractivity contribution in [3.05, 3.63) is 47.8 Å². The van der Waals surface area contributed by atoms with E-state index in [0.717, 1.165) is 28.1 Å². The molecule has 176 valence electrons. The van der Waals surface area contributed by atoms with Crippen LogP contribution in [0.4, 0.5) is 15.3 Å². The highest BCUT2D eigenvalue weighted by Crippen LogP contribution is 2.62. The molecule has 3 aliphatic heterocycles. The molecule has 0 spiro atoms. The molecule has 1 unspecified atom stereocenters. The maximum absolute atomic E-state index is 12.5. The molecule has 0 bridgehead atoms. The van der Waals surface area contributed by atoms with Crippen molar-refractivity contribution in [3.8, 4) is 23.4 Å². The Bertz CT molecular complexity index is 1300. The largest absolute Gasteiger partial charge is 0.453 e. The maximum atomic E-state index is 12.5. The number of benzene rings is 1. The summed E-state index contributed by atoms with van der Waals surface area (Å²) >= 11 is 0. The van der Waals surface area contributed by atoms with E-state index in [-0.39, 0.29) is 24.4 Å². The van der Waals surface area contributed by atoms with Gasteiger partial charge in [0.1, 0.15) is 11.5 Å². The maximum Gasteiger partial charge on any atom is 0.415 e. The van der Waals surface area contributed by atoms with Gasteiger partial charge in [-0.15, -0.1) is 0 Å². The molecule has 2 aromatic rings. The zero-order valence-electron chi connectivity index (χ0n) is 19.0. The SMILES string of the molecule is COC(=O)NC[C@@H]1OC(=O)N2c3ccc(-c4ccc(C5(C#N)[C@@H]6CN(C#N)C[C@@H]65)nc4)cc3C[C@@H]12. The lowest BCUT2D eigenvalue weighted by Gasteiger charge is -2.17. The quantitative estimate of drug-likeness (QED) is 0.673. The number of pyridine rings is 1. The van der Waals surface area contributed by atoms with Gasteiger partial charge in [-0.3, -0.25) is 9.88 Å². The monoisotopic (exact) mass is 470 g/mol. The number of anilines is 1. The molecule has 10 heteroatoms. The number of nitrogens with one attached hydrogen (secondary N) is 1. The Kier molecular flexibility index (Phi) is 4.61. The van der Waals surface area contributed by atoms with Gasteiger partial charge >= 0.3 is 12.2 Å². The Balaban J connectivity index is 1.20. The Hall–Kier alpha value is -4.31. The first-order chi connectivity index (χ1) is 17.0. The van der Waals surface area contributed by atoms with Gasteiger partial charge in [-0.05, 0) is 35.7 Å². The molecular formula is C25H22N6O4. The van der Waals surface area contributed by atoms with Crippen molar-refractivity contribution in [2.45, 2.75) is 24.0 Å². The minimum Gasteiger partial charge on any atom is -0.453 e. The molecule has 1 aliphatic carbocycles. The van der Waals surface area contributed by atoms with Crippen molar-refractivity contribution in [2.75, 3.05) is 31.6 Å². The van der Waals surface area contributed by atoms with E-state index in [1.54, 1.807) is 16.0 Å². The second-order valence-electron chi connectivity index (χ2n) is 9.41. The fourth-order valence-electron chi connectivity index (χ4n) is 6.01. The number of methoxy groups -OCH3 is 1. The summed E-state index contributed by atoms with van der Waals surface area (Å²) in [4.78, 5) is 31.9. The summed E-state index contributed by atoms with van der Waals surface area (Å²) < 4.78 is 10.1. The number of fused-ring (bicyclic) bond motifs is 4. The van der Waals surface area contributed by atoms with E-state index in [0.29, 0.717) is 19.5 Å². The lowest BCUT2D eigenvalue weighted by Crippen LogP contribution is -2.40. The number of nitriles is 2. The Morgan fingerprint density at radius 2 is 2.03 bits per heavy atom. The van der Waals surface area contributed by atoms with Crippen LogP contribution in [-0.4, -0.2) is 61.0 Å². The molecule has 3 fully saturated rings. The smallest absolute Gasteiger partial charge is 0.415 e. The number of aromatic nitrogens is 1. The third-order valence-electron chi connectivity index (χ3n) is 7.84. The van der Waals surface area contributed by atoms with Gasteiger partial charge in [-0.25, -0.2) is 9.59 Å². The first kappa shape index (κ1) is 21.2. The fraction of sp³-hybridized carbons (Fsp3) is 0.400. The number of piperidine rings is 1. The highest BCUT2D eigenvalue weighted by molar-refractivity contribution is 5.94. The van der Waals surface area contributed by atoms with Crippen molar-refractivity contribution in [1.82, 2.24) is 15.2 Å². The van der Waals surface area contributed by atoms with E-state index in [4.69, 9.17) is 10.00 Å².